The SMILES string of the molecule is CCC(C(=O)Nc1ccn(CC(=O)O)n1)c1ccc(OC)cc1. The van der Waals surface area contributed by atoms with Gasteiger partial charge < -0.3 is 15.2 Å². The van der Waals surface area contributed by atoms with Gasteiger partial charge in [0.2, 0.25) is 5.91 Å². The van der Waals surface area contributed by atoms with Crippen LogP contribution >= 0.6 is 0 Å². The van der Waals surface area contributed by atoms with Crippen LogP contribution in [0, 0.1) is 0 Å². The number of methoxy groups -OCH3 is 1. The minimum atomic E-state index is -0.990. The van der Waals surface area contributed by atoms with Crippen molar-refractivity contribution in [1.29, 1.82) is 0 Å². The monoisotopic (exact) mass is 317 g/mol. The van der Waals surface area contributed by atoms with E-state index in [4.69, 9.17) is 9.84 Å². The molecule has 0 fully saturated rings. The summed E-state index contributed by atoms with van der Waals surface area (Å²) in [5, 5.41) is 15.4. The van der Waals surface area contributed by atoms with Crippen LogP contribution in [0.5, 0.6) is 5.75 Å². The highest BCUT2D eigenvalue weighted by molar-refractivity contribution is 5.95. The van der Waals surface area contributed by atoms with Crippen LogP contribution in [0.15, 0.2) is 36.5 Å². The molecule has 1 aromatic carbocycles. The molecule has 122 valence electrons. The van der Waals surface area contributed by atoms with E-state index in [9.17, 15) is 9.59 Å². The van der Waals surface area contributed by atoms with E-state index in [0.717, 1.165) is 11.3 Å². The lowest BCUT2D eigenvalue weighted by atomic mass is 9.95. The quantitative estimate of drug-likeness (QED) is 0.816. The molecule has 1 heterocycles. The summed E-state index contributed by atoms with van der Waals surface area (Å²) in [6.45, 7) is 1.68. The first-order valence-electron chi connectivity index (χ1n) is 7.23. The number of rotatable bonds is 7. The lowest BCUT2D eigenvalue weighted by Crippen LogP contribution is -2.21. The number of carbonyl (C=O) groups is 2. The number of nitrogens with zero attached hydrogens (tertiary/aromatic N) is 2. The molecule has 2 aromatic rings. The van der Waals surface area contributed by atoms with Crippen LogP contribution < -0.4 is 10.1 Å². The highest BCUT2D eigenvalue weighted by atomic mass is 16.5. The number of ether oxygens (including phenoxy) is 1. The number of aliphatic carboxylic acids is 1. The summed E-state index contributed by atoms with van der Waals surface area (Å²) in [5.74, 6) is -0.418. The Morgan fingerprint density at radius 3 is 2.57 bits per heavy atom. The third-order valence-electron chi connectivity index (χ3n) is 3.43. The van der Waals surface area contributed by atoms with Crippen molar-refractivity contribution < 1.29 is 19.4 Å². The molecule has 2 N–H and O–H groups in total. The van der Waals surface area contributed by atoms with Gasteiger partial charge in [-0.05, 0) is 24.1 Å². The van der Waals surface area contributed by atoms with Gasteiger partial charge in [-0.25, -0.2) is 0 Å². The summed E-state index contributed by atoms with van der Waals surface area (Å²) in [6, 6.07) is 8.91. The van der Waals surface area contributed by atoms with Crippen LogP contribution in [0.4, 0.5) is 5.82 Å². The molecule has 0 radical (unpaired) electrons. The van der Waals surface area contributed by atoms with E-state index in [0.29, 0.717) is 12.2 Å². The van der Waals surface area contributed by atoms with Crippen LogP contribution in [0.3, 0.4) is 0 Å². The minimum Gasteiger partial charge on any atom is -0.497 e. The average molecular weight is 317 g/mol. The molecular formula is C16H19N3O4. The Labute approximate surface area is 133 Å². The summed E-state index contributed by atoms with van der Waals surface area (Å²) >= 11 is 0. The second kappa shape index (κ2) is 7.44. The zero-order valence-corrected chi connectivity index (χ0v) is 13.0. The van der Waals surface area contributed by atoms with Crippen molar-refractivity contribution in [3.05, 3.63) is 42.1 Å². The highest BCUT2D eigenvalue weighted by Crippen LogP contribution is 2.23. The Hall–Kier alpha value is -2.83. The van der Waals surface area contributed by atoms with E-state index in [1.807, 2.05) is 31.2 Å². The Morgan fingerprint density at radius 2 is 2.00 bits per heavy atom. The normalized spacial score (nSPS) is 11.7. The van der Waals surface area contributed by atoms with Gasteiger partial charge in [0, 0.05) is 12.3 Å². The molecular weight excluding hydrogens is 298 g/mol. The number of benzene rings is 1. The van der Waals surface area contributed by atoms with Crippen molar-refractivity contribution in [3.63, 3.8) is 0 Å². The fourth-order valence-corrected chi connectivity index (χ4v) is 2.28. The first-order valence-corrected chi connectivity index (χ1v) is 7.23. The molecule has 0 aliphatic heterocycles. The molecule has 1 atom stereocenters. The second-order valence-electron chi connectivity index (χ2n) is 5.02. The van der Waals surface area contributed by atoms with E-state index in [2.05, 4.69) is 10.4 Å². The molecule has 2 rings (SSSR count). The largest absolute Gasteiger partial charge is 0.497 e. The van der Waals surface area contributed by atoms with Crippen molar-refractivity contribution >= 4 is 17.7 Å². The molecule has 7 nitrogen and oxygen atoms in total. The number of carboxylic acid groups (broad SMARTS) is 1. The smallest absolute Gasteiger partial charge is 0.325 e. The molecule has 0 spiro atoms. The van der Waals surface area contributed by atoms with Crippen LogP contribution in [0.2, 0.25) is 0 Å². The molecule has 1 aromatic heterocycles. The van der Waals surface area contributed by atoms with Gasteiger partial charge >= 0.3 is 5.97 Å². The number of hydrogen-bond acceptors (Lipinski definition) is 4. The predicted molar refractivity (Wildman–Crippen MR) is 84.5 cm³/mol. The zero-order valence-electron chi connectivity index (χ0n) is 13.0. The molecule has 0 saturated heterocycles. The van der Waals surface area contributed by atoms with Gasteiger partial charge in [0.15, 0.2) is 5.82 Å². The maximum atomic E-state index is 12.4. The molecule has 0 aliphatic rings. The fourth-order valence-electron chi connectivity index (χ4n) is 2.28. The third kappa shape index (κ3) is 4.32. The van der Waals surface area contributed by atoms with Gasteiger partial charge in [-0.15, -0.1) is 0 Å². The van der Waals surface area contributed by atoms with Gasteiger partial charge in [0.05, 0.1) is 13.0 Å². The van der Waals surface area contributed by atoms with Crippen LogP contribution in [0.1, 0.15) is 24.8 Å². The molecule has 1 unspecified atom stereocenters. The number of amides is 1. The highest BCUT2D eigenvalue weighted by Gasteiger charge is 2.19. The number of carboxylic acids is 1. The number of hydrogen-bond donors (Lipinski definition) is 2. The average Bonchev–Trinajstić information content (AvgIpc) is 2.94. The van der Waals surface area contributed by atoms with E-state index in [1.54, 1.807) is 13.2 Å². The van der Waals surface area contributed by atoms with Crippen molar-refractivity contribution in [2.45, 2.75) is 25.8 Å². The van der Waals surface area contributed by atoms with Crippen molar-refractivity contribution in [2.75, 3.05) is 12.4 Å². The Morgan fingerprint density at radius 1 is 1.30 bits per heavy atom. The van der Waals surface area contributed by atoms with Gasteiger partial charge in [-0.3, -0.25) is 14.3 Å². The summed E-state index contributed by atoms with van der Waals surface area (Å²) < 4.78 is 6.37. The summed E-state index contributed by atoms with van der Waals surface area (Å²) in [5.41, 5.74) is 0.885. The third-order valence-corrected chi connectivity index (χ3v) is 3.43. The van der Waals surface area contributed by atoms with Crippen LogP contribution in [0.25, 0.3) is 0 Å². The summed E-state index contributed by atoms with van der Waals surface area (Å²) in [4.78, 5) is 23.1. The lowest BCUT2D eigenvalue weighted by Gasteiger charge is -2.14. The Kier molecular flexibility index (Phi) is 5.35. The first-order chi connectivity index (χ1) is 11.0. The summed E-state index contributed by atoms with van der Waals surface area (Å²) in [7, 11) is 1.59. The maximum absolute atomic E-state index is 12.4. The Balaban J connectivity index is 2.07. The van der Waals surface area contributed by atoms with Crippen molar-refractivity contribution in [2.24, 2.45) is 0 Å². The van der Waals surface area contributed by atoms with Gasteiger partial charge in [-0.2, -0.15) is 5.10 Å². The Bertz CT molecular complexity index is 679. The van der Waals surface area contributed by atoms with E-state index < -0.39 is 5.97 Å². The van der Waals surface area contributed by atoms with Gasteiger partial charge in [0.25, 0.3) is 0 Å². The van der Waals surface area contributed by atoms with Crippen LogP contribution in [-0.4, -0.2) is 33.9 Å². The lowest BCUT2D eigenvalue weighted by molar-refractivity contribution is -0.137. The molecule has 7 heteroatoms. The number of aromatic nitrogens is 2. The molecule has 0 saturated carbocycles. The minimum absolute atomic E-state index is 0.182. The topological polar surface area (TPSA) is 93.5 Å². The zero-order chi connectivity index (χ0) is 16.8. The van der Waals surface area contributed by atoms with Gasteiger partial charge in [0.1, 0.15) is 12.3 Å². The van der Waals surface area contributed by atoms with Crippen LogP contribution in [-0.2, 0) is 16.1 Å². The molecule has 0 bridgehead atoms. The van der Waals surface area contributed by atoms with Gasteiger partial charge in [-0.1, -0.05) is 19.1 Å². The molecule has 1 amide bonds. The molecule has 0 aliphatic carbocycles. The van der Waals surface area contributed by atoms with Crippen molar-refractivity contribution in [3.8, 4) is 5.75 Å². The van der Waals surface area contributed by atoms with E-state index >= 15 is 0 Å². The van der Waals surface area contributed by atoms with E-state index in [1.165, 1.54) is 10.9 Å². The van der Waals surface area contributed by atoms with Crippen molar-refractivity contribution in [1.82, 2.24) is 9.78 Å². The molecule has 23 heavy (non-hydrogen) atoms. The fraction of sp³-hybridized carbons (Fsp3) is 0.312. The number of anilines is 1. The van der Waals surface area contributed by atoms with E-state index in [-0.39, 0.29) is 18.4 Å². The number of nitrogens with one attached hydrogen (secondary N) is 1. The predicted octanol–water partition coefficient (Wildman–Crippen LogP) is 2.11. The standard InChI is InChI=1S/C16H19N3O4/c1-3-13(11-4-6-12(23-2)7-5-11)16(22)17-14-8-9-19(18-14)10-15(20)21/h4-9,13H,3,10H2,1-2H3,(H,20,21)(H,17,18,22). The number of carbonyl (C=O) groups excluding carboxylic acids is 1. The maximum Gasteiger partial charge on any atom is 0.325 e. The summed E-state index contributed by atoms with van der Waals surface area (Å²) in [6.07, 6.45) is 2.14. The second-order valence-corrected chi connectivity index (χ2v) is 5.02. The first kappa shape index (κ1) is 16.5.